The van der Waals surface area contributed by atoms with Gasteiger partial charge in [-0.2, -0.15) is 0 Å². The van der Waals surface area contributed by atoms with Gasteiger partial charge in [0, 0.05) is 12.6 Å². The number of aromatic hydroxyl groups is 1. The van der Waals surface area contributed by atoms with Gasteiger partial charge in [-0.15, -0.1) is 0 Å². The maximum absolute atomic E-state index is 13.5. The molecule has 128 valence electrons. The predicted molar refractivity (Wildman–Crippen MR) is 90.0 cm³/mol. The number of ether oxygens (including phenoxy) is 2. The van der Waals surface area contributed by atoms with Crippen LogP contribution in [-0.2, 0) is 6.54 Å². The second-order valence-electron chi connectivity index (χ2n) is 6.03. The Morgan fingerprint density at radius 1 is 1.17 bits per heavy atom. The van der Waals surface area contributed by atoms with Gasteiger partial charge in [0.2, 0.25) is 5.75 Å². The smallest absolute Gasteiger partial charge is 0.200 e. The first-order valence-electron chi connectivity index (χ1n) is 8.05. The molecule has 0 spiro atoms. The van der Waals surface area contributed by atoms with Gasteiger partial charge >= 0.3 is 0 Å². The molecule has 0 amide bonds. The summed E-state index contributed by atoms with van der Waals surface area (Å²) < 4.78 is 24.0. The van der Waals surface area contributed by atoms with Crippen LogP contribution in [0.15, 0.2) is 36.4 Å². The van der Waals surface area contributed by atoms with Crippen LogP contribution in [0, 0.1) is 5.82 Å². The topological polar surface area (TPSA) is 41.9 Å². The van der Waals surface area contributed by atoms with E-state index in [4.69, 9.17) is 9.47 Å². The largest absolute Gasteiger partial charge is 0.502 e. The lowest BCUT2D eigenvalue weighted by Crippen LogP contribution is -2.22. The molecule has 1 saturated heterocycles. The van der Waals surface area contributed by atoms with E-state index in [1.54, 1.807) is 12.1 Å². The first-order chi connectivity index (χ1) is 11.6. The van der Waals surface area contributed by atoms with Gasteiger partial charge in [0.25, 0.3) is 0 Å². The summed E-state index contributed by atoms with van der Waals surface area (Å²) in [6.45, 7) is 1.64. The molecule has 2 aromatic carbocycles. The monoisotopic (exact) mass is 331 g/mol. The number of hydrogen-bond donors (Lipinski definition) is 1. The Balaban J connectivity index is 1.84. The van der Waals surface area contributed by atoms with Gasteiger partial charge in [-0.1, -0.05) is 12.1 Å². The first-order valence-corrected chi connectivity index (χ1v) is 8.05. The number of phenols is 1. The lowest BCUT2D eigenvalue weighted by atomic mass is 10.0. The Hall–Kier alpha value is -2.27. The summed E-state index contributed by atoms with van der Waals surface area (Å²) >= 11 is 0. The molecule has 0 radical (unpaired) electrons. The summed E-state index contributed by atoms with van der Waals surface area (Å²) in [5.74, 6) is 0.593. The summed E-state index contributed by atoms with van der Waals surface area (Å²) in [5.41, 5.74) is 2.00. The zero-order valence-corrected chi connectivity index (χ0v) is 14.0. The molecular weight excluding hydrogens is 309 g/mol. The third kappa shape index (κ3) is 3.31. The van der Waals surface area contributed by atoms with Crippen LogP contribution in [0.4, 0.5) is 4.39 Å². The molecular formula is C19H22FNO3. The standard InChI is InChI=1S/C19H22FNO3/c1-23-17-9-13(10-18(24-2)19(17)22)12-21-8-4-7-16(21)14-5-3-6-15(20)11-14/h3,5-6,9-11,16,22H,4,7-8,12H2,1-2H3/t16-/m0/s1. The van der Waals surface area contributed by atoms with Crippen LogP contribution < -0.4 is 9.47 Å². The second kappa shape index (κ2) is 7.09. The van der Waals surface area contributed by atoms with E-state index in [2.05, 4.69) is 4.90 Å². The molecule has 0 aromatic heterocycles. The number of hydrogen-bond acceptors (Lipinski definition) is 4. The molecule has 0 unspecified atom stereocenters. The lowest BCUT2D eigenvalue weighted by molar-refractivity contribution is 0.247. The summed E-state index contributed by atoms with van der Waals surface area (Å²) in [7, 11) is 3.04. The lowest BCUT2D eigenvalue weighted by Gasteiger charge is -2.25. The van der Waals surface area contributed by atoms with Crippen LogP contribution in [0.2, 0.25) is 0 Å². The number of rotatable bonds is 5. The second-order valence-corrected chi connectivity index (χ2v) is 6.03. The van der Waals surface area contributed by atoms with Crippen LogP contribution in [0.5, 0.6) is 17.2 Å². The molecule has 5 heteroatoms. The maximum Gasteiger partial charge on any atom is 0.200 e. The molecule has 1 aliphatic rings. The van der Waals surface area contributed by atoms with E-state index < -0.39 is 0 Å². The Morgan fingerprint density at radius 3 is 2.50 bits per heavy atom. The van der Waals surface area contributed by atoms with E-state index in [1.807, 2.05) is 18.2 Å². The minimum atomic E-state index is -0.202. The highest BCUT2D eigenvalue weighted by Crippen LogP contribution is 2.39. The maximum atomic E-state index is 13.5. The number of methoxy groups -OCH3 is 2. The summed E-state index contributed by atoms with van der Waals surface area (Å²) in [6, 6.07) is 10.7. The van der Waals surface area contributed by atoms with Gasteiger partial charge in [0.05, 0.1) is 14.2 Å². The Kier molecular flexibility index (Phi) is 4.90. The quantitative estimate of drug-likeness (QED) is 0.903. The Labute approximate surface area is 141 Å². The number of likely N-dealkylation sites (tertiary alicyclic amines) is 1. The van der Waals surface area contributed by atoms with Crippen molar-refractivity contribution in [2.45, 2.75) is 25.4 Å². The summed E-state index contributed by atoms with van der Waals surface area (Å²) in [4.78, 5) is 2.32. The predicted octanol–water partition coefficient (Wildman–Crippen LogP) is 3.89. The van der Waals surface area contributed by atoms with E-state index >= 15 is 0 Å². The number of phenolic OH excluding ortho intramolecular Hbond substituents is 1. The van der Waals surface area contributed by atoms with E-state index in [1.165, 1.54) is 20.3 Å². The zero-order valence-electron chi connectivity index (χ0n) is 14.0. The highest BCUT2D eigenvalue weighted by atomic mass is 19.1. The van der Waals surface area contributed by atoms with Gasteiger partial charge in [0.1, 0.15) is 5.82 Å². The molecule has 1 atom stereocenters. The molecule has 0 aliphatic carbocycles. The highest BCUT2D eigenvalue weighted by molar-refractivity contribution is 5.52. The molecule has 2 aromatic rings. The van der Waals surface area contributed by atoms with Gasteiger partial charge in [-0.05, 0) is 54.8 Å². The van der Waals surface area contributed by atoms with Crippen LogP contribution in [-0.4, -0.2) is 30.8 Å². The molecule has 1 heterocycles. The molecule has 1 fully saturated rings. The molecule has 1 aliphatic heterocycles. The fraction of sp³-hybridized carbons (Fsp3) is 0.368. The van der Waals surface area contributed by atoms with E-state index in [0.717, 1.165) is 30.5 Å². The van der Waals surface area contributed by atoms with Crippen molar-refractivity contribution in [1.82, 2.24) is 4.90 Å². The average molecular weight is 331 g/mol. The third-order valence-electron chi connectivity index (χ3n) is 4.52. The average Bonchev–Trinajstić information content (AvgIpc) is 3.04. The normalized spacial score (nSPS) is 17.9. The number of halogens is 1. The fourth-order valence-corrected chi connectivity index (χ4v) is 3.38. The van der Waals surface area contributed by atoms with Crippen molar-refractivity contribution in [3.8, 4) is 17.2 Å². The highest BCUT2D eigenvalue weighted by Gasteiger charge is 2.26. The van der Waals surface area contributed by atoms with Crippen molar-refractivity contribution in [3.63, 3.8) is 0 Å². The van der Waals surface area contributed by atoms with Crippen LogP contribution in [0.25, 0.3) is 0 Å². The zero-order chi connectivity index (χ0) is 17.1. The minimum Gasteiger partial charge on any atom is -0.502 e. The van der Waals surface area contributed by atoms with Gasteiger partial charge in [-0.25, -0.2) is 4.39 Å². The Morgan fingerprint density at radius 2 is 1.88 bits per heavy atom. The van der Waals surface area contributed by atoms with Crippen LogP contribution in [0.1, 0.15) is 30.0 Å². The summed E-state index contributed by atoms with van der Waals surface area (Å²) in [6.07, 6.45) is 2.09. The third-order valence-corrected chi connectivity index (χ3v) is 4.52. The number of nitrogens with zero attached hydrogens (tertiary/aromatic N) is 1. The molecule has 3 rings (SSSR count). The van der Waals surface area contributed by atoms with E-state index in [9.17, 15) is 9.50 Å². The van der Waals surface area contributed by atoms with Crippen molar-refractivity contribution < 1.29 is 19.0 Å². The van der Waals surface area contributed by atoms with Gasteiger partial charge in [-0.3, -0.25) is 4.90 Å². The minimum absolute atomic E-state index is 0.00634. The fourth-order valence-electron chi connectivity index (χ4n) is 3.38. The molecule has 0 bridgehead atoms. The van der Waals surface area contributed by atoms with Crippen LogP contribution >= 0.6 is 0 Å². The molecule has 24 heavy (non-hydrogen) atoms. The van der Waals surface area contributed by atoms with Crippen molar-refractivity contribution in [3.05, 3.63) is 53.3 Å². The van der Waals surface area contributed by atoms with Crippen molar-refractivity contribution in [2.24, 2.45) is 0 Å². The van der Waals surface area contributed by atoms with E-state index in [0.29, 0.717) is 18.0 Å². The van der Waals surface area contributed by atoms with Crippen molar-refractivity contribution >= 4 is 0 Å². The van der Waals surface area contributed by atoms with Crippen LogP contribution in [0.3, 0.4) is 0 Å². The van der Waals surface area contributed by atoms with Gasteiger partial charge < -0.3 is 14.6 Å². The molecule has 4 nitrogen and oxygen atoms in total. The Bertz CT molecular complexity index is 695. The molecule has 1 N–H and O–H groups in total. The van der Waals surface area contributed by atoms with Crippen molar-refractivity contribution in [1.29, 1.82) is 0 Å². The van der Waals surface area contributed by atoms with Gasteiger partial charge in [0.15, 0.2) is 11.5 Å². The summed E-state index contributed by atoms with van der Waals surface area (Å²) in [5, 5.41) is 10.0. The molecule has 0 saturated carbocycles. The number of benzene rings is 2. The van der Waals surface area contributed by atoms with E-state index in [-0.39, 0.29) is 17.6 Å². The first kappa shape index (κ1) is 16.6. The SMILES string of the molecule is COc1cc(CN2CCC[C@H]2c2cccc(F)c2)cc(OC)c1O. The van der Waals surface area contributed by atoms with Crippen molar-refractivity contribution in [2.75, 3.05) is 20.8 Å².